The van der Waals surface area contributed by atoms with Gasteiger partial charge in [0.2, 0.25) is 0 Å². The number of rotatable bonds is 5. The second-order valence-electron chi connectivity index (χ2n) is 4.85. The predicted molar refractivity (Wildman–Crippen MR) is 57.7 cm³/mol. The van der Waals surface area contributed by atoms with Crippen molar-refractivity contribution >= 4 is 5.97 Å². The second kappa shape index (κ2) is 5.89. The molecule has 0 N–H and O–H groups in total. The maximum atomic E-state index is 12.9. The van der Waals surface area contributed by atoms with Crippen molar-refractivity contribution < 1.29 is 27.1 Å². The molecule has 1 aliphatic rings. The molecule has 1 fully saturated rings. The minimum absolute atomic E-state index is 0.163. The first-order valence-electron chi connectivity index (χ1n) is 6.16. The van der Waals surface area contributed by atoms with E-state index in [2.05, 4.69) is 4.74 Å². The molecule has 0 heterocycles. The van der Waals surface area contributed by atoms with Gasteiger partial charge in [-0.1, -0.05) is 19.3 Å². The van der Waals surface area contributed by atoms with E-state index in [0.29, 0.717) is 12.8 Å². The molecule has 0 amide bonds. The first-order valence-corrected chi connectivity index (χ1v) is 6.16. The van der Waals surface area contributed by atoms with Crippen molar-refractivity contribution in [3.05, 3.63) is 0 Å². The summed E-state index contributed by atoms with van der Waals surface area (Å²) in [6.07, 6.45) is 3.14. The van der Waals surface area contributed by atoms with E-state index in [1.807, 2.05) is 0 Å². The van der Waals surface area contributed by atoms with Crippen molar-refractivity contribution in [2.45, 2.75) is 57.3 Å². The SMILES string of the molecule is CC(F)(F)C(F)(F)CCOC(=O)C1CCCCC1. The van der Waals surface area contributed by atoms with Crippen LogP contribution >= 0.6 is 0 Å². The molecule has 1 rings (SSSR count). The summed E-state index contributed by atoms with van der Waals surface area (Å²) in [7, 11) is 0. The van der Waals surface area contributed by atoms with Crippen LogP contribution in [0.25, 0.3) is 0 Å². The van der Waals surface area contributed by atoms with E-state index >= 15 is 0 Å². The average Bonchev–Trinajstić information content (AvgIpc) is 2.28. The first-order chi connectivity index (χ1) is 8.24. The van der Waals surface area contributed by atoms with E-state index in [9.17, 15) is 22.4 Å². The molecule has 106 valence electrons. The van der Waals surface area contributed by atoms with E-state index in [-0.39, 0.29) is 12.8 Å². The molecule has 2 nitrogen and oxygen atoms in total. The largest absolute Gasteiger partial charge is 0.465 e. The normalized spacial score (nSPS) is 18.7. The van der Waals surface area contributed by atoms with Crippen molar-refractivity contribution in [2.75, 3.05) is 6.61 Å². The van der Waals surface area contributed by atoms with Gasteiger partial charge in [0, 0.05) is 6.92 Å². The molecule has 0 aromatic carbocycles. The fourth-order valence-electron chi connectivity index (χ4n) is 1.96. The maximum Gasteiger partial charge on any atom is 0.313 e. The van der Waals surface area contributed by atoms with Crippen LogP contribution in [-0.2, 0) is 9.53 Å². The number of alkyl halides is 4. The highest BCUT2D eigenvalue weighted by Gasteiger charge is 2.51. The van der Waals surface area contributed by atoms with Crippen molar-refractivity contribution in [1.82, 2.24) is 0 Å². The highest BCUT2D eigenvalue weighted by molar-refractivity contribution is 5.72. The molecule has 0 aromatic heterocycles. The predicted octanol–water partition coefficient (Wildman–Crippen LogP) is 3.79. The Bertz CT molecular complexity index is 280. The lowest BCUT2D eigenvalue weighted by Gasteiger charge is -2.24. The van der Waals surface area contributed by atoms with Crippen LogP contribution in [0, 0.1) is 5.92 Å². The molecule has 0 saturated heterocycles. The summed E-state index contributed by atoms with van der Waals surface area (Å²) < 4.78 is 55.4. The Hall–Kier alpha value is -0.810. The lowest BCUT2D eigenvalue weighted by Crippen LogP contribution is -2.39. The lowest BCUT2D eigenvalue weighted by molar-refractivity contribution is -0.207. The van der Waals surface area contributed by atoms with Gasteiger partial charge in [0.05, 0.1) is 18.9 Å². The van der Waals surface area contributed by atoms with Gasteiger partial charge < -0.3 is 4.74 Å². The van der Waals surface area contributed by atoms with Crippen molar-refractivity contribution in [3.8, 4) is 0 Å². The van der Waals surface area contributed by atoms with Gasteiger partial charge in [-0.05, 0) is 12.8 Å². The van der Waals surface area contributed by atoms with Gasteiger partial charge in [0.15, 0.2) is 0 Å². The van der Waals surface area contributed by atoms with Gasteiger partial charge in [-0.3, -0.25) is 4.79 Å². The van der Waals surface area contributed by atoms with Crippen LogP contribution in [0.5, 0.6) is 0 Å². The number of halogens is 4. The van der Waals surface area contributed by atoms with Crippen molar-refractivity contribution in [1.29, 1.82) is 0 Å². The fourth-order valence-corrected chi connectivity index (χ4v) is 1.96. The van der Waals surface area contributed by atoms with E-state index in [4.69, 9.17) is 0 Å². The lowest BCUT2D eigenvalue weighted by atomic mass is 9.89. The molecular formula is C12H18F4O2. The van der Waals surface area contributed by atoms with Gasteiger partial charge in [-0.2, -0.15) is 8.78 Å². The summed E-state index contributed by atoms with van der Waals surface area (Å²) in [5.41, 5.74) is 0. The molecule has 18 heavy (non-hydrogen) atoms. The number of hydrogen-bond donors (Lipinski definition) is 0. The Kier molecular flexibility index (Phi) is 4.99. The summed E-state index contributed by atoms with van der Waals surface area (Å²) in [6, 6.07) is 0. The molecule has 0 aliphatic heterocycles. The van der Waals surface area contributed by atoms with Gasteiger partial charge in [-0.25, -0.2) is 8.78 Å². The minimum atomic E-state index is -4.14. The number of carbonyl (C=O) groups excluding carboxylic acids is 1. The fraction of sp³-hybridized carbons (Fsp3) is 0.917. The number of esters is 1. The molecule has 0 bridgehead atoms. The monoisotopic (exact) mass is 270 g/mol. The summed E-state index contributed by atoms with van der Waals surface area (Å²) in [5.74, 6) is -9.02. The van der Waals surface area contributed by atoms with Gasteiger partial charge in [-0.15, -0.1) is 0 Å². The third-order valence-corrected chi connectivity index (χ3v) is 3.24. The molecule has 0 aromatic rings. The van der Waals surface area contributed by atoms with E-state index in [1.54, 1.807) is 0 Å². The topological polar surface area (TPSA) is 26.3 Å². The van der Waals surface area contributed by atoms with Crippen LogP contribution in [-0.4, -0.2) is 24.4 Å². The van der Waals surface area contributed by atoms with Gasteiger partial charge in [0.25, 0.3) is 0 Å². The summed E-state index contributed by atoms with van der Waals surface area (Å²) in [6.45, 7) is -0.498. The Morgan fingerprint density at radius 2 is 1.72 bits per heavy atom. The Morgan fingerprint density at radius 1 is 1.17 bits per heavy atom. The van der Waals surface area contributed by atoms with E-state index in [0.717, 1.165) is 19.3 Å². The third kappa shape index (κ3) is 4.14. The smallest absolute Gasteiger partial charge is 0.313 e. The maximum absolute atomic E-state index is 12.9. The molecule has 1 saturated carbocycles. The molecule has 1 aliphatic carbocycles. The first kappa shape index (κ1) is 15.2. The molecule has 0 spiro atoms. The summed E-state index contributed by atoms with van der Waals surface area (Å²) in [4.78, 5) is 11.5. The highest BCUT2D eigenvalue weighted by atomic mass is 19.3. The molecule has 6 heteroatoms. The summed E-state index contributed by atoms with van der Waals surface area (Å²) >= 11 is 0. The Labute approximate surface area is 104 Å². The Balaban J connectivity index is 2.31. The van der Waals surface area contributed by atoms with E-state index < -0.39 is 30.8 Å². The van der Waals surface area contributed by atoms with Gasteiger partial charge in [0.1, 0.15) is 0 Å². The molecule has 0 radical (unpaired) electrons. The number of ether oxygens (including phenoxy) is 1. The van der Waals surface area contributed by atoms with Crippen LogP contribution in [0.3, 0.4) is 0 Å². The van der Waals surface area contributed by atoms with Crippen LogP contribution in [0.2, 0.25) is 0 Å². The summed E-state index contributed by atoms with van der Waals surface area (Å²) in [5, 5.41) is 0. The van der Waals surface area contributed by atoms with Crippen LogP contribution < -0.4 is 0 Å². The van der Waals surface area contributed by atoms with Crippen LogP contribution in [0.15, 0.2) is 0 Å². The molecule has 0 unspecified atom stereocenters. The van der Waals surface area contributed by atoms with Crippen LogP contribution in [0.4, 0.5) is 17.6 Å². The second-order valence-corrected chi connectivity index (χ2v) is 4.85. The van der Waals surface area contributed by atoms with Crippen molar-refractivity contribution in [2.24, 2.45) is 5.92 Å². The zero-order chi connectivity index (χ0) is 13.8. The van der Waals surface area contributed by atoms with Crippen LogP contribution in [0.1, 0.15) is 45.4 Å². The third-order valence-electron chi connectivity index (χ3n) is 3.24. The average molecular weight is 270 g/mol. The van der Waals surface area contributed by atoms with Crippen molar-refractivity contribution in [3.63, 3.8) is 0 Å². The zero-order valence-electron chi connectivity index (χ0n) is 10.4. The Morgan fingerprint density at radius 3 is 2.22 bits per heavy atom. The van der Waals surface area contributed by atoms with Gasteiger partial charge >= 0.3 is 17.8 Å². The molecule has 0 atom stereocenters. The minimum Gasteiger partial charge on any atom is -0.465 e. The quantitative estimate of drug-likeness (QED) is 0.561. The standard InChI is InChI=1S/C12H18F4O2/c1-11(13,14)12(15,16)7-8-18-10(17)9-5-3-2-4-6-9/h9H,2-8H2,1H3. The number of carbonyl (C=O) groups is 1. The molecular weight excluding hydrogens is 252 g/mol. The zero-order valence-corrected chi connectivity index (χ0v) is 10.4. The number of hydrogen-bond acceptors (Lipinski definition) is 2. The highest BCUT2D eigenvalue weighted by Crippen LogP contribution is 2.36. The van der Waals surface area contributed by atoms with E-state index in [1.165, 1.54) is 0 Å².